The van der Waals surface area contributed by atoms with Crippen LogP contribution in [0.1, 0.15) is 102 Å². The van der Waals surface area contributed by atoms with Crippen LogP contribution in [-0.4, -0.2) is 49.8 Å². The molecule has 0 amide bonds. The number of hydrogen-bond acceptors (Lipinski definition) is 7. The highest BCUT2D eigenvalue weighted by atomic mass is 16.5. The zero-order valence-electron chi connectivity index (χ0n) is 24.0. The molecule has 0 aliphatic heterocycles. The lowest BCUT2D eigenvalue weighted by Gasteiger charge is -2.17. The molecule has 2 unspecified atom stereocenters. The molecule has 0 aromatic carbocycles. The summed E-state index contributed by atoms with van der Waals surface area (Å²) in [6, 6.07) is 0. The van der Waals surface area contributed by atoms with Gasteiger partial charge in [0.25, 0.3) is 0 Å². The van der Waals surface area contributed by atoms with Crippen LogP contribution in [0.2, 0.25) is 0 Å². The molecule has 0 fully saturated rings. The van der Waals surface area contributed by atoms with Gasteiger partial charge in [0.15, 0.2) is 0 Å². The second kappa shape index (κ2) is 21.4. The highest BCUT2D eigenvalue weighted by Gasteiger charge is 2.25. The number of rotatable bonds is 9. The molecule has 0 radical (unpaired) electrons. The van der Waals surface area contributed by atoms with Gasteiger partial charge < -0.3 is 19.3 Å². The number of carbonyl (C=O) groups excluding carboxylic acids is 3. The highest BCUT2D eigenvalue weighted by molar-refractivity contribution is 5.75. The van der Waals surface area contributed by atoms with Crippen LogP contribution in [-0.2, 0) is 33.4 Å². The molecule has 0 aliphatic rings. The molecule has 0 spiro atoms. The van der Waals surface area contributed by atoms with Gasteiger partial charge in [0.2, 0.25) is 0 Å². The minimum atomic E-state index is -0.722. The van der Waals surface area contributed by atoms with Crippen molar-refractivity contribution in [2.24, 2.45) is 22.7 Å². The Morgan fingerprint density at radius 2 is 1.09 bits per heavy atom. The van der Waals surface area contributed by atoms with Gasteiger partial charge in [-0.25, -0.2) is 0 Å². The number of carboxylic acids is 1. The average Bonchev–Trinajstić information content (AvgIpc) is 2.82. The Balaban J connectivity index is -0.000000177. The van der Waals surface area contributed by atoms with E-state index in [1.54, 1.807) is 13.8 Å². The summed E-state index contributed by atoms with van der Waals surface area (Å²) < 4.78 is 13.8. The van der Waals surface area contributed by atoms with Gasteiger partial charge >= 0.3 is 23.9 Å². The van der Waals surface area contributed by atoms with Crippen LogP contribution in [0.15, 0.2) is 0 Å². The Morgan fingerprint density at radius 3 is 1.24 bits per heavy atom. The molecule has 2 atom stereocenters. The Bertz CT molecular complexity index is 565. The van der Waals surface area contributed by atoms with Gasteiger partial charge in [-0.05, 0) is 60.3 Å². The molecule has 0 aromatic heterocycles. The highest BCUT2D eigenvalue weighted by Crippen LogP contribution is 2.20. The van der Waals surface area contributed by atoms with E-state index in [-0.39, 0.29) is 35.2 Å². The van der Waals surface area contributed by atoms with E-state index in [2.05, 4.69) is 9.47 Å². The summed E-state index contributed by atoms with van der Waals surface area (Å²) in [6.45, 7) is 21.0. The fraction of sp³-hybridized carbons (Fsp3) is 0.846. The first-order valence-corrected chi connectivity index (χ1v) is 12.0. The van der Waals surface area contributed by atoms with E-state index >= 15 is 0 Å². The van der Waals surface area contributed by atoms with Crippen LogP contribution >= 0.6 is 0 Å². The fourth-order valence-electron chi connectivity index (χ4n) is 1.39. The summed E-state index contributed by atoms with van der Waals surface area (Å²) in [5, 5.41) is 8.44. The summed E-state index contributed by atoms with van der Waals surface area (Å²) in [5.41, 5.74) is -0.852. The molecule has 0 heterocycles. The van der Waals surface area contributed by atoms with Gasteiger partial charge in [0, 0.05) is 0 Å². The third kappa shape index (κ3) is 20.5. The standard InChI is InChI=1S/2C7H14O2.2C6H12O2/c1-5-7(2,3)6(8)9-4;1-4-6(3)7(8)9-5-2;1-4-6(2,3)5(7)8;1-4-5(2)6(7)8-3/h5H2,1-4H3;6H,4-5H2,1-3H3;4H2,1-3H3,(H,7,8);5H,4H2,1-3H3. The Morgan fingerprint density at radius 1 is 0.706 bits per heavy atom. The lowest BCUT2D eigenvalue weighted by atomic mass is 9.91. The number of esters is 3. The van der Waals surface area contributed by atoms with Crippen LogP contribution in [0.3, 0.4) is 0 Å². The number of carboxylic acid groups (broad SMARTS) is 1. The van der Waals surface area contributed by atoms with Gasteiger partial charge in [0.05, 0.1) is 43.5 Å². The molecule has 0 rings (SSSR count). The normalized spacial score (nSPS) is 12.0. The van der Waals surface area contributed by atoms with Crippen molar-refractivity contribution >= 4 is 23.9 Å². The van der Waals surface area contributed by atoms with Gasteiger partial charge in [0.1, 0.15) is 0 Å². The SMILES string of the molecule is CCC(C)(C)C(=O)O.CCC(C)(C)C(=O)OC.CCC(C)C(=O)OC.CCOC(=O)C(C)CC. The van der Waals surface area contributed by atoms with Crippen LogP contribution in [0.4, 0.5) is 0 Å². The van der Waals surface area contributed by atoms with E-state index in [1.165, 1.54) is 14.2 Å². The van der Waals surface area contributed by atoms with Crippen LogP contribution in [0, 0.1) is 22.7 Å². The minimum absolute atomic E-state index is 0.0556. The first-order chi connectivity index (χ1) is 15.5. The van der Waals surface area contributed by atoms with Crippen molar-refractivity contribution in [1.82, 2.24) is 0 Å². The van der Waals surface area contributed by atoms with Crippen molar-refractivity contribution in [3.63, 3.8) is 0 Å². The number of aliphatic carboxylic acids is 1. The third-order valence-corrected chi connectivity index (χ3v) is 5.60. The molecule has 0 saturated carbocycles. The zero-order chi connectivity index (χ0) is 28.1. The maximum absolute atomic E-state index is 10.8. The molecule has 1 N–H and O–H groups in total. The molecule has 8 nitrogen and oxygen atoms in total. The summed E-state index contributed by atoms with van der Waals surface area (Å²) in [6.07, 6.45) is 3.22. The van der Waals surface area contributed by atoms with Gasteiger partial charge in [-0.3, -0.25) is 19.2 Å². The van der Waals surface area contributed by atoms with E-state index in [9.17, 15) is 19.2 Å². The maximum Gasteiger partial charge on any atom is 0.311 e. The number of carbonyl (C=O) groups is 4. The van der Waals surface area contributed by atoms with E-state index < -0.39 is 11.4 Å². The second-order valence-electron chi connectivity index (χ2n) is 9.17. The van der Waals surface area contributed by atoms with Gasteiger partial charge in [-0.2, -0.15) is 0 Å². The predicted octanol–water partition coefficient (Wildman–Crippen LogP) is 5.90. The molecule has 204 valence electrons. The van der Waals surface area contributed by atoms with E-state index in [1.807, 2.05) is 62.3 Å². The zero-order valence-corrected chi connectivity index (χ0v) is 24.0. The van der Waals surface area contributed by atoms with Gasteiger partial charge in [-0.15, -0.1) is 0 Å². The van der Waals surface area contributed by atoms with Crippen molar-refractivity contribution in [2.75, 3.05) is 20.8 Å². The summed E-state index contributed by atoms with van der Waals surface area (Å²) >= 11 is 0. The van der Waals surface area contributed by atoms with Crippen molar-refractivity contribution in [2.45, 2.75) is 102 Å². The summed E-state index contributed by atoms with van der Waals surface area (Å²) in [4.78, 5) is 42.4. The average molecular weight is 493 g/mol. The smallest absolute Gasteiger partial charge is 0.311 e. The molecule has 0 saturated heterocycles. The summed E-state index contributed by atoms with van der Waals surface area (Å²) in [7, 11) is 2.83. The lowest BCUT2D eigenvalue weighted by Crippen LogP contribution is -2.24. The van der Waals surface area contributed by atoms with Crippen LogP contribution in [0.25, 0.3) is 0 Å². The van der Waals surface area contributed by atoms with Crippen molar-refractivity contribution in [1.29, 1.82) is 0 Å². The molecule has 0 aliphatic carbocycles. The Hall–Kier alpha value is -2.12. The van der Waals surface area contributed by atoms with E-state index in [4.69, 9.17) is 9.84 Å². The van der Waals surface area contributed by atoms with E-state index in [0.29, 0.717) is 13.0 Å². The largest absolute Gasteiger partial charge is 0.481 e. The van der Waals surface area contributed by atoms with Crippen LogP contribution in [0.5, 0.6) is 0 Å². The molecule has 0 bridgehead atoms. The quantitative estimate of drug-likeness (QED) is 0.312. The minimum Gasteiger partial charge on any atom is -0.481 e. The molecule has 8 heteroatoms. The lowest BCUT2D eigenvalue weighted by molar-refractivity contribution is -0.151. The molecule has 0 aromatic rings. The van der Waals surface area contributed by atoms with E-state index in [0.717, 1.165) is 19.3 Å². The molecular weight excluding hydrogens is 440 g/mol. The monoisotopic (exact) mass is 492 g/mol. The van der Waals surface area contributed by atoms with Crippen LogP contribution < -0.4 is 0 Å². The first-order valence-electron chi connectivity index (χ1n) is 12.0. The molecular formula is C26H52O8. The Kier molecular flexibility index (Phi) is 24.6. The molecule has 34 heavy (non-hydrogen) atoms. The summed E-state index contributed by atoms with van der Waals surface area (Å²) in [5.74, 6) is -0.942. The number of hydrogen-bond donors (Lipinski definition) is 1. The van der Waals surface area contributed by atoms with Crippen molar-refractivity contribution in [3.8, 4) is 0 Å². The van der Waals surface area contributed by atoms with Crippen molar-refractivity contribution < 1.29 is 38.5 Å². The Labute approximate surface area is 208 Å². The second-order valence-corrected chi connectivity index (χ2v) is 9.17. The third-order valence-electron chi connectivity index (χ3n) is 5.60. The fourth-order valence-corrected chi connectivity index (χ4v) is 1.39. The number of ether oxygens (including phenoxy) is 3. The number of methoxy groups -OCH3 is 2. The topological polar surface area (TPSA) is 116 Å². The first kappa shape index (κ1) is 39.1. The maximum atomic E-state index is 10.8. The van der Waals surface area contributed by atoms with Crippen molar-refractivity contribution in [3.05, 3.63) is 0 Å². The van der Waals surface area contributed by atoms with Gasteiger partial charge in [-0.1, -0.05) is 41.5 Å². The predicted molar refractivity (Wildman–Crippen MR) is 135 cm³/mol.